The van der Waals surface area contributed by atoms with E-state index in [1.165, 1.54) is 6.20 Å². The lowest BCUT2D eigenvalue weighted by atomic mass is 10.2. The standard InChI is InChI=1S/C17H19N5O2/c1-13(2)11-22(16-8-9-19-15(10-18)20-16)21-17(23)24-12-14-6-4-3-5-7-14/h3-9,13H,11-12H2,1-2H3,(H,21,23). The van der Waals surface area contributed by atoms with Crippen molar-refractivity contribution in [2.45, 2.75) is 20.5 Å². The largest absolute Gasteiger partial charge is 0.443 e. The number of rotatable bonds is 6. The molecule has 1 amide bonds. The summed E-state index contributed by atoms with van der Waals surface area (Å²) in [5.41, 5.74) is 3.56. The molecule has 2 rings (SSSR count). The number of hydrazine groups is 1. The third-order valence-electron chi connectivity index (χ3n) is 3.00. The van der Waals surface area contributed by atoms with Crippen molar-refractivity contribution in [1.29, 1.82) is 5.26 Å². The lowest BCUT2D eigenvalue weighted by molar-refractivity contribution is 0.138. The molecule has 1 aromatic heterocycles. The van der Waals surface area contributed by atoms with Crippen LogP contribution >= 0.6 is 0 Å². The minimum absolute atomic E-state index is 0.0423. The molecule has 0 fully saturated rings. The summed E-state index contributed by atoms with van der Waals surface area (Å²) >= 11 is 0. The Hall–Kier alpha value is -3.14. The van der Waals surface area contributed by atoms with Crippen molar-refractivity contribution in [2.24, 2.45) is 5.92 Å². The van der Waals surface area contributed by atoms with Crippen molar-refractivity contribution >= 4 is 11.9 Å². The second kappa shape index (κ2) is 8.48. The summed E-state index contributed by atoms with van der Waals surface area (Å²) in [4.78, 5) is 20.0. The molecule has 0 aliphatic carbocycles. The third-order valence-corrected chi connectivity index (χ3v) is 3.00. The van der Waals surface area contributed by atoms with Gasteiger partial charge in [0.1, 0.15) is 12.7 Å². The molecule has 7 heteroatoms. The summed E-state index contributed by atoms with van der Waals surface area (Å²) in [6.45, 7) is 4.71. The van der Waals surface area contributed by atoms with E-state index in [1.54, 1.807) is 11.1 Å². The second-order valence-electron chi connectivity index (χ2n) is 5.53. The number of ether oxygens (including phenoxy) is 1. The molecule has 0 aliphatic heterocycles. The smallest absolute Gasteiger partial charge is 0.426 e. The highest BCUT2D eigenvalue weighted by Crippen LogP contribution is 2.10. The first-order valence-electron chi connectivity index (χ1n) is 7.56. The number of amides is 1. The highest BCUT2D eigenvalue weighted by Gasteiger charge is 2.15. The normalized spacial score (nSPS) is 10.1. The van der Waals surface area contributed by atoms with Gasteiger partial charge in [0.15, 0.2) is 5.82 Å². The molecule has 0 bridgehead atoms. The van der Waals surface area contributed by atoms with Crippen molar-refractivity contribution in [3.05, 3.63) is 54.0 Å². The predicted molar refractivity (Wildman–Crippen MR) is 88.7 cm³/mol. The van der Waals surface area contributed by atoms with Gasteiger partial charge in [0.05, 0.1) is 0 Å². The maximum Gasteiger partial charge on any atom is 0.426 e. The zero-order chi connectivity index (χ0) is 17.4. The van der Waals surface area contributed by atoms with Crippen LogP contribution in [0.3, 0.4) is 0 Å². The highest BCUT2D eigenvalue weighted by atomic mass is 16.6. The van der Waals surface area contributed by atoms with Gasteiger partial charge in [0.2, 0.25) is 5.82 Å². The first-order chi connectivity index (χ1) is 11.6. The van der Waals surface area contributed by atoms with E-state index in [4.69, 9.17) is 10.00 Å². The SMILES string of the molecule is CC(C)CN(NC(=O)OCc1ccccc1)c1ccnc(C#N)n1. The monoisotopic (exact) mass is 325 g/mol. The fourth-order valence-corrected chi connectivity index (χ4v) is 1.98. The van der Waals surface area contributed by atoms with Crippen LogP contribution < -0.4 is 10.4 Å². The van der Waals surface area contributed by atoms with E-state index >= 15 is 0 Å². The number of benzene rings is 1. The molecule has 1 aromatic carbocycles. The summed E-state index contributed by atoms with van der Waals surface area (Å²) < 4.78 is 5.22. The molecule has 0 saturated heterocycles. The Balaban J connectivity index is 2.02. The average molecular weight is 325 g/mol. The summed E-state index contributed by atoms with van der Waals surface area (Å²) in [6.07, 6.45) is 0.891. The van der Waals surface area contributed by atoms with E-state index in [0.29, 0.717) is 12.4 Å². The van der Waals surface area contributed by atoms with Crippen molar-refractivity contribution in [1.82, 2.24) is 15.4 Å². The average Bonchev–Trinajstić information content (AvgIpc) is 2.60. The first-order valence-corrected chi connectivity index (χ1v) is 7.56. The maximum absolute atomic E-state index is 12.1. The fourth-order valence-electron chi connectivity index (χ4n) is 1.98. The third kappa shape index (κ3) is 5.25. The van der Waals surface area contributed by atoms with Crippen LogP contribution in [0.2, 0.25) is 0 Å². The van der Waals surface area contributed by atoms with Gasteiger partial charge in [0, 0.05) is 18.8 Å². The quantitative estimate of drug-likeness (QED) is 0.821. The molecule has 1 heterocycles. The topological polar surface area (TPSA) is 91.1 Å². The molecule has 0 atom stereocenters. The van der Waals surface area contributed by atoms with Crippen LogP contribution in [-0.4, -0.2) is 22.6 Å². The summed E-state index contributed by atoms with van der Waals surface area (Å²) in [5, 5.41) is 10.5. The van der Waals surface area contributed by atoms with E-state index in [9.17, 15) is 4.79 Å². The van der Waals surface area contributed by atoms with Crippen LogP contribution in [0.15, 0.2) is 42.6 Å². The Morgan fingerprint density at radius 1 is 1.33 bits per heavy atom. The Labute approximate surface area is 140 Å². The number of carbonyl (C=O) groups is 1. The van der Waals surface area contributed by atoms with Gasteiger partial charge in [-0.2, -0.15) is 10.2 Å². The van der Waals surface area contributed by atoms with Crippen molar-refractivity contribution < 1.29 is 9.53 Å². The van der Waals surface area contributed by atoms with Crippen LogP contribution in [-0.2, 0) is 11.3 Å². The van der Waals surface area contributed by atoms with Gasteiger partial charge in [-0.15, -0.1) is 0 Å². The van der Waals surface area contributed by atoms with Gasteiger partial charge in [0.25, 0.3) is 0 Å². The van der Waals surface area contributed by atoms with E-state index in [1.807, 2.05) is 50.2 Å². The molecule has 1 N–H and O–H groups in total. The van der Waals surface area contributed by atoms with Crippen LogP contribution in [0.4, 0.5) is 10.6 Å². The van der Waals surface area contributed by atoms with Gasteiger partial charge in [-0.1, -0.05) is 44.2 Å². The summed E-state index contributed by atoms with van der Waals surface area (Å²) in [6, 6.07) is 12.9. The molecule has 0 unspecified atom stereocenters. The van der Waals surface area contributed by atoms with Crippen LogP contribution in [0, 0.1) is 17.2 Å². The van der Waals surface area contributed by atoms with E-state index in [0.717, 1.165) is 5.56 Å². The number of nitrogens with one attached hydrogen (secondary N) is 1. The van der Waals surface area contributed by atoms with E-state index < -0.39 is 6.09 Å². The van der Waals surface area contributed by atoms with Gasteiger partial charge in [-0.25, -0.2) is 15.2 Å². The molecule has 2 aromatic rings. The molecular weight excluding hydrogens is 306 g/mol. The number of hydrogen-bond donors (Lipinski definition) is 1. The number of hydrogen-bond acceptors (Lipinski definition) is 6. The Kier molecular flexibility index (Phi) is 6.08. The van der Waals surface area contributed by atoms with E-state index in [2.05, 4.69) is 15.4 Å². The van der Waals surface area contributed by atoms with Crippen molar-refractivity contribution in [3.63, 3.8) is 0 Å². The Bertz CT molecular complexity index is 712. The van der Waals surface area contributed by atoms with Gasteiger partial charge in [-0.3, -0.25) is 5.01 Å². The molecular formula is C17H19N5O2. The van der Waals surface area contributed by atoms with Crippen molar-refractivity contribution in [3.8, 4) is 6.07 Å². The molecule has 0 radical (unpaired) electrons. The minimum Gasteiger partial charge on any atom is -0.443 e. The number of aromatic nitrogens is 2. The molecule has 124 valence electrons. The van der Waals surface area contributed by atoms with Gasteiger partial charge >= 0.3 is 6.09 Å². The Morgan fingerprint density at radius 2 is 2.08 bits per heavy atom. The predicted octanol–water partition coefficient (Wildman–Crippen LogP) is 2.65. The summed E-state index contributed by atoms with van der Waals surface area (Å²) in [5.74, 6) is 0.743. The van der Waals surface area contributed by atoms with Crippen molar-refractivity contribution in [2.75, 3.05) is 11.6 Å². The zero-order valence-electron chi connectivity index (χ0n) is 13.6. The fraction of sp³-hybridized carbons (Fsp3) is 0.294. The number of anilines is 1. The zero-order valence-corrected chi connectivity index (χ0v) is 13.6. The summed E-state index contributed by atoms with van der Waals surface area (Å²) in [7, 11) is 0. The Morgan fingerprint density at radius 3 is 2.75 bits per heavy atom. The van der Waals surface area contributed by atoms with Gasteiger partial charge in [-0.05, 0) is 11.5 Å². The lowest BCUT2D eigenvalue weighted by Crippen LogP contribution is -2.45. The lowest BCUT2D eigenvalue weighted by Gasteiger charge is -2.25. The van der Waals surface area contributed by atoms with Gasteiger partial charge < -0.3 is 4.74 Å². The van der Waals surface area contributed by atoms with Crippen LogP contribution in [0.5, 0.6) is 0 Å². The first kappa shape index (κ1) is 17.2. The number of carbonyl (C=O) groups excluding carboxylic acids is 1. The van der Waals surface area contributed by atoms with Crippen LogP contribution in [0.25, 0.3) is 0 Å². The molecule has 0 saturated carbocycles. The van der Waals surface area contributed by atoms with Crippen LogP contribution in [0.1, 0.15) is 25.2 Å². The molecule has 0 aliphatic rings. The minimum atomic E-state index is -0.586. The molecule has 0 spiro atoms. The second-order valence-corrected chi connectivity index (χ2v) is 5.53. The number of nitriles is 1. The molecule has 24 heavy (non-hydrogen) atoms. The maximum atomic E-state index is 12.1. The van der Waals surface area contributed by atoms with E-state index in [-0.39, 0.29) is 18.3 Å². The highest BCUT2D eigenvalue weighted by molar-refractivity contribution is 5.69. The molecule has 7 nitrogen and oxygen atoms in total. The number of nitrogens with zero attached hydrogens (tertiary/aromatic N) is 4.